The van der Waals surface area contributed by atoms with Gasteiger partial charge in [0.05, 0.1) is 18.1 Å². The van der Waals surface area contributed by atoms with Crippen molar-refractivity contribution in [1.82, 2.24) is 4.90 Å². The second-order valence-corrected chi connectivity index (χ2v) is 4.70. The summed E-state index contributed by atoms with van der Waals surface area (Å²) in [5.74, 6) is 0. The standard InChI is InChI=1S/C14H16F3N3O/c1-10(2)20(9-3-8-18)13(21)19-12-6-4-11(5-7-12)14(15,16)17/h4-7,10H,3,9H2,1-2H3,(H,19,21). The van der Waals surface area contributed by atoms with E-state index in [-0.39, 0.29) is 24.7 Å². The number of nitrogens with one attached hydrogen (secondary N) is 1. The number of carbonyl (C=O) groups excluding carboxylic acids is 1. The number of hydrogen-bond acceptors (Lipinski definition) is 2. The zero-order valence-corrected chi connectivity index (χ0v) is 11.7. The van der Waals surface area contributed by atoms with Crippen molar-refractivity contribution in [3.05, 3.63) is 29.8 Å². The maximum Gasteiger partial charge on any atom is 0.416 e. The Morgan fingerprint density at radius 1 is 1.33 bits per heavy atom. The number of anilines is 1. The van der Waals surface area contributed by atoms with Crippen LogP contribution in [-0.4, -0.2) is 23.5 Å². The van der Waals surface area contributed by atoms with Crippen molar-refractivity contribution in [1.29, 1.82) is 5.26 Å². The molecule has 0 aliphatic heterocycles. The quantitative estimate of drug-likeness (QED) is 0.917. The predicted molar refractivity (Wildman–Crippen MR) is 72.5 cm³/mol. The fourth-order valence-electron chi connectivity index (χ4n) is 1.70. The molecule has 0 aliphatic rings. The first-order valence-electron chi connectivity index (χ1n) is 6.37. The number of benzene rings is 1. The fourth-order valence-corrected chi connectivity index (χ4v) is 1.70. The summed E-state index contributed by atoms with van der Waals surface area (Å²) >= 11 is 0. The lowest BCUT2D eigenvalue weighted by Crippen LogP contribution is -2.40. The molecule has 0 saturated heterocycles. The van der Waals surface area contributed by atoms with E-state index in [1.165, 1.54) is 17.0 Å². The van der Waals surface area contributed by atoms with Gasteiger partial charge in [0.1, 0.15) is 0 Å². The van der Waals surface area contributed by atoms with Crippen LogP contribution in [-0.2, 0) is 6.18 Å². The van der Waals surface area contributed by atoms with Crippen LogP contribution < -0.4 is 5.32 Å². The number of urea groups is 1. The van der Waals surface area contributed by atoms with E-state index in [1.54, 1.807) is 13.8 Å². The maximum absolute atomic E-state index is 12.4. The molecule has 0 saturated carbocycles. The molecule has 0 heterocycles. The summed E-state index contributed by atoms with van der Waals surface area (Å²) in [6, 6.07) is 5.60. The molecule has 0 radical (unpaired) electrons. The fraction of sp³-hybridized carbons (Fsp3) is 0.429. The van der Waals surface area contributed by atoms with Gasteiger partial charge in [-0.2, -0.15) is 18.4 Å². The van der Waals surface area contributed by atoms with E-state index in [0.717, 1.165) is 12.1 Å². The highest BCUT2D eigenvalue weighted by Crippen LogP contribution is 2.29. The first-order chi connectivity index (χ1) is 9.75. The Bertz CT molecular complexity index is 518. The molecule has 2 amide bonds. The Kier molecular flexibility index (Phi) is 5.59. The molecule has 7 heteroatoms. The van der Waals surface area contributed by atoms with Gasteiger partial charge in [0.15, 0.2) is 0 Å². The Labute approximate surface area is 121 Å². The van der Waals surface area contributed by atoms with Crippen LogP contribution in [0.2, 0.25) is 0 Å². The van der Waals surface area contributed by atoms with Crippen molar-refractivity contribution in [2.45, 2.75) is 32.5 Å². The summed E-state index contributed by atoms with van der Waals surface area (Å²) in [7, 11) is 0. The first kappa shape index (κ1) is 16.8. The van der Waals surface area contributed by atoms with E-state index in [2.05, 4.69) is 5.32 Å². The molecule has 0 fully saturated rings. The third-order valence-electron chi connectivity index (χ3n) is 2.81. The van der Waals surface area contributed by atoms with Gasteiger partial charge in [-0.05, 0) is 38.1 Å². The largest absolute Gasteiger partial charge is 0.416 e. The molecule has 114 valence electrons. The van der Waals surface area contributed by atoms with Crippen LogP contribution >= 0.6 is 0 Å². The lowest BCUT2D eigenvalue weighted by Gasteiger charge is -2.26. The van der Waals surface area contributed by atoms with E-state index in [4.69, 9.17) is 5.26 Å². The molecule has 0 unspecified atom stereocenters. The molecule has 0 bridgehead atoms. The maximum atomic E-state index is 12.4. The third kappa shape index (κ3) is 4.99. The lowest BCUT2D eigenvalue weighted by molar-refractivity contribution is -0.137. The second kappa shape index (κ2) is 6.97. The van der Waals surface area contributed by atoms with Gasteiger partial charge in [-0.25, -0.2) is 4.79 Å². The molecule has 1 aromatic carbocycles. The first-order valence-corrected chi connectivity index (χ1v) is 6.37. The van der Waals surface area contributed by atoms with E-state index in [0.29, 0.717) is 0 Å². The van der Waals surface area contributed by atoms with Crippen molar-refractivity contribution in [3.8, 4) is 6.07 Å². The SMILES string of the molecule is CC(C)N(CCC#N)C(=O)Nc1ccc(C(F)(F)F)cc1. The smallest absolute Gasteiger partial charge is 0.321 e. The van der Waals surface area contributed by atoms with Crippen molar-refractivity contribution in [2.24, 2.45) is 0 Å². The number of rotatable bonds is 4. The summed E-state index contributed by atoms with van der Waals surface area (Å²) in [5, 5.41) is 11.1. The minimum atomic E-state index is -4.40. The summed E-state index contributed by atoms with van der Waals surface area (Å²) < 4.78 is 37.3. The van der Waals surface area contributed by atoms with Gasteiger partial charge in [0, 0.05) is 18.3 Å². The Balaban J connectivity index is 2.75. The molecule has 0 atom stereocenters. The molecule has 0 aliphatic carbocycles. The minimum Gasteiger partial charge on any atom is -0.321 e. The van der Waals surface area contributed by atoms with Crippen LogP contribution in [0.25, 0.3) is 0 Å². The summed E-state index contributed by atoms with van der Waals surface area (Å²) in [6.45, 7) is 3.86. The second-order valence-electron chi connectivity index (χ2n) is 4.70. The molecule has 1 rings (SSSR count). The van der Waals surface area contributed by atoms with Crippen LogP contribution in [0.5, 0.6) is 0 Å². The van der Waals surface area contributed by atoms with E-state index >= 15 is 0 Å². The third-order valence-corrected chi connectivity index (χ3v) is 2.81. The monoisotopic (exact) mass is 299 g/mol. The lowest BCUT2D eigenvalue weighted by atomic mass is 10.2. The van der Waals surface area contributed by atoms with E-state index < -0.39 is 17.8 Å². The highest BCUT2D eigenvalue weighted by atomic mass is 19.4. The van der Waals surface area contributed by atoms with Crippen LogP contribution in [0.1, 0.15) is 25.8 Å². The zero-order valence-electron chi connectivity index (χ0n) is 11.7. The van der Waals surface area contributed by atoms with Crippen LogP contribution in [0, 0.1) is 11.3 Å². The average molecular weight is 299 g/mol. The minimum absolute atomic E-state index is 0.118. The number of nitrogens with zero attached hydrogens (tertiary/aromatic N) is 2. The van der Waals surface area contributed by atoms with Gasteiger partial charge in [-0.3, -0.25) is 0 Å². The molecular formula is C14H16F3N3O. The number of hydrogen-bond donors (Lipinski definition) is 1. The van der Waals surface area contributed by atoms with Gasteiger partial charge in [-0.1, -0.05) is 0 Å². The summed E-state index contributed by atoms with van der Waals surface area (Å²) in [5.41, 5.74) is -0.499. The van der Waals surface area contributed by atoms with Crippen molar-refractivity contribution in [2.75, 3.05) is 11.9 Å². The predicted octanol–water partition coefficient (Wildman–Crippen LogP) is 3.86. The Morgan fingerprint density at radius 2 is 1.90 bits per heavy atom. The molecule has 21 heavy (non-hydrogen) atoms. The van der Waals surface area contributed by atoms with E-state index in [1.807, 2.05) is 6.07 Å². The molecule has 1 aromatic rings. The van der Waals surface area contributed by atoms with Gasteiger partial charge < -0.3 is 10.2 Å². The van der Waals surface area contributed by atoms with Gasteiger partial charge in [0.25, 0.3) is 0 Å². The normalized spacial score (nSPS) is 11.1. The topological polar surface area (TPSA) is 56.1 Å². The molecule has 0 spiro atoms. The Hall–Kier alpha value is -2.23. The van der Waals surface area contributed by atoms with Crippen molar-refractivity contribution < 1.29 is 18.0 Å². The van der Waals surface area contributed by atoms with Crippen molar-refractivity contribution >= 4 is 11.7 Å². The highest BCUT2D eigenvalue weighted by Gasteiger charge is 2.30. The Morgan fingerprint density at radius 3 is 2.33 bits per heavy atom. The molecule has 1 N–H and O–H groups in total. The van der Waals surface area contributed by atoms with Gasteiger partial charge >= 0.3 is 12.2 Å². The molecule has 0 aromatic heterocycles. The average Bonchev–Trinajstić information content (AvgIpc) is 2.38. The number of alkyl halides is 3. The highest BCUT2D eigenvalue weighted by molar-refractivity contribution is 5.89. The van der Waals surface area contributed by atoms with Gasteiger partial charge in [0.2, 0.25) is 0 Å². The van der Waals surface area contributed by atoms with Crippen molar-refractivity contribution in [3.63, 3.8) is 0 Å². The number of carbonyl (C=O) groups is 1. The summed E-state index contributed by atoms with van der Waals surface area (Å²) in [6.07, 6.45) is -4.21. The zero-order chi connectivity index (χ0) is 16.0. The number of amides is 2. The van der Waals surface area contributed by atoms with Gasteiger partial charge in [-0.15, -0.1) is 0 Å². The number of nitriles is 1. The summed E-state index contributed by atoms with van der Waals surface area (Å²) in [4.78, 5) is 13.5. The molecule has 4 nitrogen and oxygen atoms in total. The van der Waals surface area contributed by atoms with Crippen LogP contribution in [0.3, 0.4) is 0 Å². The van der Waals surface area contributed by atoms with E-state index in [9.17, 15) is 18.0 Å². The van der Waals surface area contributed by atoms with Crippen LogP contribution in [0.15, 0.2) is 24.3 Å². The molecular weight excluding hydrogens is 283 g/mol. The van der Waals surface area contributed by atoms with Crippen LogP contribution in [0.4, 0.5) is 23.7 Å². The number of halogens is 3.